The van der Waals surface area contributed by atoms with Crippen molar-refractivity contribution in [1.29, 1.82) is 0 Å². The fourth-order valence-corrected chi connectivity index (χ4v) is 5.48. The van der Waals surface area contributed by atoms with Gasteiger partial charge < -0.3 is 4.74 Å². The van der Waals surface area contributed by atoms with E-state index in [1.807, 2.05) is 0 Å². The zero-order valence-corrected chi connectivity index (χ0v) is 18.7. The molecule has 1 aromatic rings. The maximum atomic E-state index is 14.7. The molecule has 0 radical (unpaired) electrons. The molecule has 1 aromatic carbocycles. The predicted octanol–water partition coefficient (Wildman–Crippen LogP) is 8.92. The Kier molecular flexibility index (Phi) is 8.38. The van der Waals surface area contributed by atoms with Gasteiger partial charge in [0.05, 0.1) is 5.92 Å². The van der Waals surface area contributed by atoms with Crippen LogP contribution >= 0.6 is 0 Å². The standard InChI is InChI=1S/C25H31F7O/c1-2-3-16-4-6-17(7-5-16)18-8-10-19(11-9-18)25(31,32)33-20-14-22(26)21(23(27)15-20)12-13-24(28,29)30/h12-19H,2-11H2,1H3. The van der Waals surface area contributed by atoms with Crippen LogP contribution in [0.1, 0.15) is 76.7 Å². The second-order valence-corrected chi connectivity index (χ2v) is 9.52. The molecule has 0 amide bonds. The van der Waals surface area contributed by atoms with Crippen molar-refractivity contribution in [2.24, 2.45) is 23.7 Å². The molecule has 33 heavy (non-hydrogen) atoms. The zero-order valence-electron chi connectivity index (χ0n) is 18.7. The maximum absolute atomic E-state index is 14.7. The Balaban J connectivity index is 1.57. The van der Waals surface area contributed by atoms with Crippen molar-refractivity contribution >= 4 is 6.08 Å². The number of allylic oxidation sites excluding steroid dienone is 1. The highest BCUT2D eigenvalue weighted by Gasteiger charge is 2.45. The Labute approximate surface area is 190 Å². The van der Waals surface area contributed by atoms with Crippen molar-refractivity contribution in [1.82, 2.24) is 0 Å². The van der Waals surface area contributed by atoms with Crippen molar-refractivity contribution in [2.75, 3.05) is 0 Å². The van der Waals surface area contributed by atoms with E-state index < -0.39 is 41.2 Å². The van der Waals surface area contributed by atoms with Gasteiger partial charge in [-0.15, -0.1) is 0 Å². The molecule has 0 aliphatic heterocycles. The summed E-state index contributed by atoms with van der Waals surface area (Å²) >= 11 is 0. The summed E-state index contributed by atoms with van der Waals surface area (Å²) in [5.41, 5.74) is -0.961. The molecule has 0 aromatic heterocycles. The smallest absolute Gasteiger partial charge is 0.409 e. The van der Waals surface area contributed by atoms with Gasteiger partial charge in [-0.2, -0.15) is 22.0 Å². The predicted molar refractivity (Wildman–Crippen MR) is 113 cm³/mol. The molecule has 2 saturated carbocycles. The molecule has 0 unspecified atom stereocenters. The average Bonchev–Trinajstić information content (AvgIpc) is 2.73. The van der Waals surface area contributed by atoms with E-state index in [9.17, 15) is 30.7 Å². The third kappa shape index (κ3) is 7.12. The molecule has 1 nitrogen and oxygen atoms in total. The highest BCUT2D eigenvalue weighted by molar-refractivity contribution is 5.53. The van der Waals surface area contributed by atoms with E-state index in [-0.39, 0.29) is 25.0 Å². The van der Waals surface area contributed by atoms with Crippen molar-refractivity contribution in [3.63, 3.8) is 0 Å². The van der Waals surface area contributed by atoms with E-state index in [1.54, 1.807) is 0 Å². The summed E-state index contributed by atoms with van der Waals surface area (Å²) in [5.74, 6) is -2.82. The van der Waals surface area contributed by atoms with Gasteiger partial charge in [-0.05, 0) is 62.4 Å². The lowest BCUT2D eigenvalue weighted by atomic mass is 9.68. The molecule has 0 heterocycles. The number of benzene rings is 1. The number of halogens is 7. The summed E-state index contributed by atoms with van der Waals surface area (Å²) in [6, 6.07) is 0.987. The molecular weight excluding hydrogens is 449 g/mol. The van der Waals surface area contributed by atoms with Crippen LogP contribution in [0.4, 0.5) is 30.7 Å². The van der Waals surface area contributed by atoms with Gasteiger partial charge in [-0.1, -0.05) is 32.6 Å². The van der Waals surface area contributed by atoms with E-state index in [2.05, 4.69) is 11.7 Å². The molecule has 0 bridgehead atoms. The lowest BCUT2D eigenvalue weighted by molar-refractivity contribution is -0.224. The topological polar surface area (TPSA) is 9.23 Å². The second-order valence-electron chi connectivity index (χ2n) is 9.52. The third-order valence-corrected chi connectivity index (χ3v) is 7.25. The lowest BCUT2D eigenvalue weighted by Crippen LogP contribution is -2.38. The fraction of sp³-hybridized carbons (Fsp3) is 0.680. The summed E-state index contributed by atoms with van der Waals surface area (Å²) < 4.78 is 99.0. The largest absolute Gasteiger partial charge is 0.432 e. The maximum Gasteiger partial charge on any atom is 0.409 e. The third-order valence-electron chi connectivity index (χ3n) is 7.25. The van der Waals surface area contributed by atoms with E-state index in [1.165, 1.54) is 25.7 Å². The fourth-order valence-electron chi connectivity index (χ4n) is 5.48. The van der Waals surface area contributed by atoms with Gasteiger partial charge in [0.1, 0.15) is 17.4 Å². The molecule has 2 aliphatic rings. The highest BCUT2D eigenvalue weighted by atomic mass is 19.4. The van der Waals surface area contributed by atoms with Crippen molar-refractivity contribution in [3.8, 4) is 5.75 Å². The normalized spacial score (nSPS) is 27.2. The van der Waals surface area contributed by atoms with Gasteiger partial charge >= 0.3 is 12.3 Å². The molecule has 2 fully saturated rings. The minimum absolute atomic E-state index is 0.226. The monoisotopic (exact) mass is 480 g/mol. The van der Waals surface area contributed by atoms with Crippen LogP contribution in [0.15, 0.2) is 18.2 Å². The molecule has 3 rings (SSSR count). The Morgan fingerprint density at radius 3 is 1.85 bits per heavy atom. The van der Waals surface area contributed by atoms with Crippen LogP contribution in [-0.4, -0.2) is 12.3 Å². The summed E-state index contributed by atoms with van der Waals surface area (Å²) in [5, 5.41) is 0. The quantitative estimate of drug-likeness (QED) is 0.354. The Bertz CT molecular complexity index is 778. The Hall–Kier alpha value is -1.73. The zero-order chi connectivity index (χ0) is 24.2. The minimum atomic E-state index is -4.76. The number of hydrogen-bond donors (Lipinski definition) is 0. The SMILES string of the molecule is CCCC1CCC(C2CCC(C(F)(F)Oc3cc(F)c(C=CC(F)(F)F)c(F)c3)CC2)CC1. The van der Waals surface area contributed by atoms with Crippen LogP contribution in [0.25, 0.3) is 6.08 Å². The van der Waals surface area contributed by atoms with Gasteiger partial charge in [0.25, 0.3) is 0 Å². The van der Waals surface area contributed by atoms with E-state index in [0.29, 0.717) is 36.8 Å². The first kappa shape index (κ1) is 25.9. The molecule has 0 saturated heterocycles. The number of hydrogen-bond acceptors (Lipinski definition) is 1. The molecule has 0 atom stereocenters. The van der Waals surface area contributed by atoms with Crippen LogP contribution in [0.2, 0.25) is 0 Å². The van der Waals surface area contributed by atoms with Crippen LogP contribution in [0.3, 0.4) is 0 Å². The van der Waals surface area contributed by atoms with Gasteiger partial charge in [0.15, 0.2) is 0 Å². The van der Waals surface area contributed by atoms with Gasteiger partial charge in [0, 0.05) is 23.8 Å². The number of rotatable bonds is 7. The molecule has 0 spiro atoms. The summed E-state index contributed by atoms with van der Waals surface area (Å²) in [4.78, 5) is 0. The first-order valence-electron chi connectivity index (χ1n) is 11.8. The summed E-state index contributed by atoms with van der Waals surface area (Å²) in [6.45, 7) is 2.19. The van der Waals surface area contributed by atoms with Crippen LogP contribution in [-0.2, 0) is 0 Å². The van der Waals surface area contributed by atoms with Crippen LogP contribution in [0.5, 0.6) is 5.75 Å². The van der Waals surface area contributed by atoms with Crippen molar-refractivity contribution in [2.45, 2.75) is 83.4 Å². The van der Waals surface area contributed by atoms with E-state index in [4.69, 9.17) is 0 Å². The Morgan fingerprint density at radius 2 is 1.36 bits per heavy atom. The molecule has 186 valence electrons. The summed E-state index contributed by atoms with van der Waals surface area (Å²) in [6.07, 6.45) is 0.594. The molecular formula is C25H31F7O. The summed E-state index contributed by atoms with van der Waals surface area (Å²) in [7, 11) is 0. The first-order chi connectivity index (χ1) is 15.5. The average molecular weight is 481 g/mol. The minimum Gasteiger partial charge on any atom is -0.432 e. The van der Waals surface area contributed by atoms with Gasteiger partial charge in [0.2, 0.25) is 0 Å². The molecule has 0 N–H and O–H groups in total. The first-order valence-corrected chi connectivity index (χ1v) is 11.8. The van der Waals surface area contributed by atoms with Gasteiger partial charge in [-0.3, -0.25) is 0 Å². The second kappa shape index (κ2) is 10.7. The number of alkyl halides is 5. The van der Waals surface area contributed by atoms with Gasteiger partial charge in [-0.25, -0.2) is 8.78 Å². The van der Waals surface area contributed by atoms with Crippen molar-refractivity contribution in [3.05, 3.63) is 35.4 Å². The molecule has 2 aliphatic carbocycles. The number of ether oxygens (including phenoxy) is 1. The van der Waals surface area contributed by atoms with Crippen LogP contribution < -0.4 is 4.74 Å². The highest BCUT2D eigenvalue weighted by Crippen LogP contribution is 2.46. The Morgan fingerprint density at radius 1 is 0.848 bits per heavy atom. The molecule has 8 heteroatoms. The van der Waals surface area contributed by atoms with E-state index >= 15 is 0 Å². The van der Waals surface area contributed by atoms with E-state index in [0.717, 1.165) is 18.8 Å². The van der Waals surface area contributed by atoms with Crippen molar-refractivity contribution < 1.29 is 35.5 Å². The lowest BCUT2D eigenvalue weighted by Gasteiger charge is -2.39. The van der Waals surface area contributed by atoms with Crippen LogP contribution in [0, 0.1) is 35.3 Å².